The van der Waals surface area contributed by atoms with Gasteiger partial charge in [0, 0.05) is 18.7 Å². The highest BCUT2D eigenvalue weighted by molar-refractivity contribution is 6.04. The van der Waals surface area contributed by atoms with E-state index in [-0.39, 0.29) is 25.4 Å². The van der Waals surface area contributed by atoms with E-state index in [0.29, 0.717) is 12.1 Å². The van der Waals surface area contributed by atoms with Gasteiger partial charge in [0.2, 0.25) is 0 Å². The van der Waals surface area contributed by atoms with Gasteiger partial charge in [-0.3, -0.25) is 9.59 Å². The minimum Gasteiger partial charge on any atom is -0.465 e. The Morgan fingerprint density at radius 2 is 1.95 bits per heavy atom. The zero-order valence-corrected chi connectivity index (χ0v) is 10.7. The van der Waals surface area contributed by atoms with E-state index < -0.39 is 35.1 Å². The van der Waals surface area contributed by atoms with Crippen molar-refractivity contribution in [3.8, 4) is 0 Å². The molecule has 1 fully saturated rings. The molecule has 1 aliphatic rings. The van der Waals surface area contributed by atoms with Gasteiger partial charge in [0.25, 0.3) is 0 Å². The molecule has 4 nitrogen and oxygen atoms in total. The second-order valence-electron chi connectivity index (χ2n) is 4.37. The van der Waals surface area contributed by atoms with Crippen LogP contribution in [0.4, 0.5) is 18.9 Å². The van der Waals surface area contributed by atoms with Gasteiger partial charge < -0.3 is 9.64 Å². The average molecular weight is 287 g/mol. The summed E-state index contributed by atoms with van der Waals surface area (Å²) in [6.07, 6.45) is 0. The molecule has 0 saturated carbocycles. The molecule has 2 rings (SSSR count). The summed E-state index contributed by atoms with van der Waals surface area (Å²) in [5.74, 6) is -5.66. The molecule has 0 radical (unpaired) electrons. The van der Waals surface area contributed by atoms with Crippen molar-refractivity contribution >= 4 is 17.4 Å². The van der Waals surface area contributed by atoms with Crippen molar-refractivity contribution in [2.75, 3.05) is 24.6 Å². The summed E-state index contributed by atoms with van der Waals surface area (Å²) in [5, 5.41) is 0. The maximum absolute atomic E-state index is 13.6. The van der Waals surface area contributed by atoms with Crippen molar-refractivity contribution < 1.29 is 27.5 Å². The molecule has 1 saturated heterocycles. The monoisotopic (exact) mass is 287 g/mol. The first kappa shape index (κ1) is 14.4. The fraction of sp³-hybridized carbons (Fsp3) is 0.385. The lowest BCUT2D eigenvalue weighted by atomic mass is 10.1. The molecule has 1 heterocycles. The zero-order chi connectivity index (χ0) is 14.9. The highest BCUT2D eigenvalue weighted by atomic mass is 19.2. The predicted molar refractivity (Wildman–Crippen MR) is 63.7 cm³/mol. The van der Waals surface area contributed by atoms with Crippen LogP contribution in [-0.2, 0) is 14.3 Å². The Labute approximate surface area is 113 Å². The lowest BCUT2D eigenvalue weighted by Gasteiger charge is -2.18. The van der Waals surface area contributed by atoms with Gasteiger partial charge >= 0.3 is 5.97 Å². The molecule has 1 atom stereocenters. The normalized spacial score (nSPS) is 18.5. The van der Waals surface area contributed by atoms with Crippen molar-refractivity contribution in [1.29, 1.82) is 0 Å². The molecule has 1 aromatic carbocycles. The van der Waals surface area contributed by atoms with Crippen LogP contribution in [0.5, 0.6) is 0 Å². The lowest BCUT2D eigenvalue weighted by molar-refractivity contribution is -0.149. The number of Topliss-reactive ketones (excluding diaryl/α,β-unsaturated/α-hetero) is 1. The van der Waals surface area contributed by atoms with E-state index in [1.54, 1.807) is 6.92 Å². The van der Waals surface area contributed by atoms with Gasteiger partial charge in [-0.2, -0.15) is 0 Å². The largest absolute Gasteiger partial charge is 0.465 e. The van der Waals surface area contributed by atoms with Crippen LogP contribution in [0.2, 0.25) is 0 Å². The Kier molecular flexibility index (Phi) is 3.96. The molecule has 0 amide bonds. The molecule has 108 valence electrons. The van der Waals surface area contributed by atoms with E-state index in [1.165, 1.54) is 4.90 Å². The lowest BCUT2D eigenvalue weighted by Crippen LogP contribution is -2.26. The first-order valence-electron chi connectivity index (χ1n) is 6.03. The standard InChI is InChI=1S/C13H12F3NO3/c1-2-20-13(19)7-5-17(6-12(7)18)11-4-9(15)8(14)3-10(11)16/h3-4,7H,2,5-6H2,1H3. The number of ether oxygens (including phenoxy) is 1. The Hall–Kier alpha value is -2.05. The molecule has 0 bridgehead atoms. The van der Waals surface area contributed by atoms with Crippen LogP contribution in [0.15, 0.2) is 12.1 Å². The molecular formula is C13H12F3NO3. The number of benzene rings is 1. The molecule has 0 N–H and O–H groups in total. The van der Waals surface area contributed by atoms with Gasteiger partial charge in [-0.1, -0.05) is 0 Å². The van der Waals surface area contributed by atoms with Crippen LogP contribution >= 0.6 is 0 Å². The van der Waals surface area contributed by atoms with Crippen molar-refractivity contribution in [3.05, 3.63) is 29.6 Å². The Morgan fingerprint density at radius 3 is 2.60 bits per heavy atom. The molecule has 20 heavy (non-hydrogen) atoms. The van der Waals surface area contributed by atoms with Crippen LogP contribution in [0.25, 0.3) is 0 Å². The molecule has 1 aliphatic heterocycles. The van der Waals surface area contributed by atoms with E-state index in [0.717, 1.165) is 0 Å². The van der Waals surface area contributed by atoms with E-state index in [2.05, 4.69) is 0 Å². The number of anilines is 1. The number of ketones is 1. The van der Waals surface area contributed by atoms with E-state index in [1.807, 2.05) is 0 Å². The van der Waals surface area contributed by atoms with E-state index >= 15 is 0 Å². The third-order valence-corrected chi connectivity index (χ3v) is 3.04. The summed E-state index contributed by atoms with van der Waals surface area (Å²) >= 11 is 0. The van der Waals surface area contributed by atoms with Gasteiger partial charge in [0.1, 0.15) is 11.7 Å². The van der Waals surface area contributed by atoms with E-state index in [4.69, 9.17) is 4.74 Å². The highest BCUT2D eigenvalue weighted by Gasteiger charge is 2.38. The van der Waals surface area contributed by atoms with E-state index in [9.17, 15) is 22.8 Å². The Bertz CT molecular complexity index is 562. The fourth-order valence-corrected chi connectivity index (χ4v) is 2.07. The molecule has 1 unspecified atom stereocenters. The number of rotatable bonds is 3. The van der Waals surface area contributed by atoms with Gasteiger partial charge in [-0.25, -0.2) is 13.2 Å². The summed E-state index contributed by atoms with van der Waals surface area (Å²) < 4.78 is 44.3. The van der Waals surface area contributed by atoms with Crippen molar-refractivity contribution in [2.24, 2.45) is 5.92 Å². The molecule has 0 aliphatic carbocycles. The smallest absolute Gasteiger partial charge is 0.318 e. The number of halogens is 3. The Balaban J connectivity index is 2.22. The maximum Gasteiger partial charge on any atom is 0.318 e. The minimum absolute atomic E-state index is 0.111. The SMILES string of the molecule is CCOC(=O)C1CN(c2cc(F)c(F)cc2F)CC1=O. The number of nitrogens with zero attached hydrogens (tertiary/aromatic N) is 1. The third kappa shape index (κ3) is 2.61. The topological polar surface area (TPSA) is 46.6 Å². The molecule has 1 aromatic rings. The van der Waals surface area contributed by atoms with Gasteiger partial charge in [-0.15, -0.1) is 0 Å². The maximum atomic E-state index is 13.6. The van der Waals surface area contributed by atoms with Crippen LogP contribution < -0.4 is 4.90 Å². The van der Waals surface area contributed by atoms with Crippen molar-refractivity contribution in [2.45, 2.75) is 6.92 Å². The quantitative estimate of drug-likeness (QED) is 0.482. The number of hydrogen-bond acceptors (Lipinski definition) is 4. The van der Waals surface area contributed by atoms with Crippen LogP contribution in [0, 0.1) is 23.4 Å². The molecule has 0 aromatic heterocycles. The number of carbonyl (C=O) groups is 2. The third-order valence-electron chi connectivity index (χ3n) is 3.04. The second-order valence-corrected chi connectivity index (χ2v) is 4.37. The number of carbonyl (C=O) groups excluding carboxylic acids is 2. The van der Waals surface area contributed by atoms with Crippen LogP contribution in [-0.4, -0.2) is 31.4 Å². The molecular weight excluding hydrogens is 275 g/mol. The molecule has 7 heteroatoms. The average Bonchev–Trinajstić information content (AvgIpc) is 2.76. The fourth-order valence-electron chi connectivity index (χ4n) is 2.07. The van der Waals surface area contributed by atoms with Gasteiger partial charge in [0.15, 0.2) is 17.4 Å². The van der Waals surface area contributed by atoms with Crippen LogP contribution in [0.1, 0.15) is 6.92 Å². The van der Waals surface area contributed by atoms with Gasteiger partial charge in [-0.05, 0) is 6.92 Å². The second kappa shape index (κ2) is 5.52. The Morgan fingerprint density at radius 1 is 1.30 bits per heavy atom. The first-order valence-corrected chi connectivity index (χ1v) is 6.03. The summed E-state index contributed by atoms with van der Waals surface area (Å²) in [6, 6.07) is 1.08. The van der Waals surface area contributed by atoms with Crippen molar-refractivity contribution in [3.63, 3.8) is 0 Å². The van der Waals surface area contributed by atoms with Crippen LogP contribution in [0.3, 0.4) is 0 Å². The highest BCUT2D eigenvalue weighted by Crippen LogP contribution is 2.27. The molecule has 0 spiro atoms. The predicted octanol–water partition coefficient (Wildman–Crippen LogP) is 1.67. The summed E-state index contributed by atoms with van der Waals surface area (Å²) in [6.45, 7) is 1.37. The zero-order valence-electron chi connectivity index (χ0n) is 10.7. The minimum atomic E-state index is -1.31. The number of esters is 1. The summed E-state index contributed by atoms with van der Waals surface area (Å²) in [4.78, 5) is 24.4. The first-order chi connectivity index (χ1) is 9.43. The summed E-state index contributed by atoms with van der Waals surface area (Å²) in [7, 11) is 0. The summed E-state index contributed by atoms with van der Waals surface area (Å²) in [5.41, 5.74) is -0.246. The number of hydrogen-bond donors (Lipinski definition) is 0. The van der Waals surface area contributed by atoms with Gasteiger partial charge in [0.05, 0.1) is 18.8 Å². The van der Waals surface area contributed by atoms with Crippen molar-refractivity contribution in [1.82, 2.24) is 0 Å².